The number of esters is 1. The fourth-order valence-corrected chi connectivity index (χ4v) is 5.55. The topological polar surface area (TPSA) is 111 Å². The fraction of sp³-hybridized carbons (Fsp3) is 0.417. The van der Waals surface area contributed by atoms with E-state index in [0.29, 0.717) is 49.7 Å². The van der Waals surface area contributed by atoms with Crippen LogP contribution in [0.15, 0.2) is 47.4 Å². The summed E-state index contributed by atoms with van der Waals surface area (Å²) in [6, 6.07) is 11.3. The second-order valence-corrected chi connectivity index (χ2v) is 10.0. The molecule has 2 aromatic carbocycles. The molecule has 1 saturated heterocycles. The minimum absolute atomic E-state index is 0.106. The number of carbonyl (C=O) groups excluding carboxylic acids is 2. The Morgan fingerprint density at radius 2 is 1.76 bits per heavy atom. The largest absolute Gasteiger partial charge is 0.486 e. The summed E-state index contributed by atoms with van der Waals surface area (Å²) in [6.07, 6.45) is 0.858. The monoisotopic (exact) mass is 488 g/mol. The van der Waals surface area contributed by atoms with Crippen molar-refractivity contribution in [3.8, 4) is 11.5 Å². The van der Waals surface area contributed by atoms with E-state index in [0.717, 1.165) is 5.56 Å². The number of nitrogens with zero attached hydrogens (tertiary/aromatic N) is 1. The molecule has 0 saturated carbocycles. The lowest BCUT2D eigenvalue weighted by atomic mass is 9.97. The number of piperidine rings is 1. The maximum Gasteiger partial charge on any atom is 0.338 e. The summed E-state index contributed by atoms with van der Waals surface area (Å²) < 4.78 is 43.6. The summed E-state index contributed by atoms with van der Waals surface area (Å²) in [6.45, 7) is 3.73. The van der Waals surface area contributed by atoms with Crippen LogP contribution in [0, 0.1) is 5.92 Å². The van der Waals surface area contributed by atoms with E-state index in [1.165, 1.54) is 28.6 Å². The van der Waals surface area contributed by atoms with E-state index in [2.05, 4.69) is 5.32 Å². The highest BCUT2D eigenvalue weighted by Gasteiger charge is 2.32. The number of hydrogen-bond donors (Lipinski definition) is 1. The third kappa shape index (κ3) is 5.18. The molecule has 1 fully saturated rings. The van der Waals surface area contributed by atoms with Gasteiger partial charge in [-0.3, -0.25) is 4.79 Å². The van der Waals surface area contributed by atoms with Crippen molar-refractivity contribution in [2.45, 2.75) is 31.2 Å². The molecule has 10 heteroatoms. The van der Waals surface area contributed by atoms with Gasteiger partial charge in [0.1, 0.15) is 13.2 Å². The molecule has 0 atom stereocenters. The van der Waals surface area contributed by atoms with Gasteiger partial charge in [0.15, 0.2) is 11.5 Å². The fourth-order valence-electron chi connectivity index (χ4n) is 4.08. The van der Waals surface area contributed by atoms with Gasteiger partial charge in [-0.05, 0) is 50.1 Å². The molecule has 0 spiro atoms. The minimum Gasteiger partial charge on any atom is -0.486 e. The van der Waals surface area contributed by atoms with Gasteiger partial charge >= 0.3 is 5.97 Å². The van der Waals surface area contributed by atoms with Gasteiger partial charge in [-0.15, -0.1) is 0 Å². The molecule has 0 unspecified atom stereocenters. The van der Waals surface area contributed by atoms with E-state index in [1.807, 2.05) is 18.2 Å². The number of sulfonamides is 1. The standard InChI is InChI=1S/C24H28N2O7S/c1-2-31-24(28)18-6-8-20(9-7-18)34(29,30)26-12-10-17(11-13-26)23(27)25-16-19-4-3-5-21-22(19)33-15-14-32-21/h3-9,17H,2,10-16H2,1H3,(H,25,27). The van der Waals surface area contributed by atoms with Crippen molar-refractivity contribution in [2.24, 2.45) is 5.92 Å². The van der Waals surface area contributed by atoms with E-state index in [-0.39, 0.29) is 36.4 Å². The van der Waals surface area contributed by atoms with Gasteiger partial charge < -0.3 is 19.5 Å². The highest BCUT2D eigenvalue weighted by Crippen LogP contribution is 2.33. The number of nitrogens with one attached hydrogen (secondary N) is 1. The van der Waals surface area contributed by atoms with E-state index in [9.17, 15) is 18.0 Å². The van der Waals surface area contributed by atoms with E-state index in [4.69, 9.17) is 14.2 Å². The Balaban J connectivity index is 1.32. The van der Waals surface area contributed by atoms with Crippen LogP contribution in [0.2, 0.25) is 0 Å². The lowest BCUT2D eigenvalue weighted by molar-refractivity contribution is -0.126. The van der Waals surface area contributed by atoms with Crippen LogP contribution >= 0.6 is 0 Å². The molecular formula is C24H28N2O7S. The van der Waals surface area contributed by atoms with E-state index < -0.39 is 16.0 Å². The predicted octanol–water partition coefficient (Wildman–Crippen LogP) is 2.35. The summed E-state index contributed by atoms with van der Waals surface area (Å²) in [5, 5.41) is 2.94. The summed E-state index contributed by atoms with van der Waals surface area (Å²) in [7, 11) is -3.71. The van der Waals surface area contributed by atoms with Gasteiger partial charge in [0, 0.05) is 31.1 Å². The van der Waals surface area contributed by atoms with Gasteiger partial charge in [0.05, 0.1) is 17.1 Å². The Morgan fingerprint density at radius 1 is 1.06 bits per heavy atom. The lowest BCUT2D eigenvalue weighted by Gasteiger charge is -2.30. The maximum atomic E-state index is 13.0. The Kier molecular flexibility index (Phi) is 7.38. The minimum atomic E-state index is -3.71. The van der Waals surface area contributed by atoms with Gasteiger partial charge in [-0.2, -0.15) is 4.31 Å². The summed E-state index contributed by atoms with van der Waals surface area (Å²) >= 11 is 0. The Hall–Kier alpha value is -3.11. The molecule has 1 amide bonds. The lowest BCUT2D eigenvalue weighted by Crippen LogP contribution is -2.42. The number of fused-ring (bicyclic) bond motifs is 1. The van der Waals surface area contributed by atoms with Crippen molar-refractivity contribution in [2.75, 3.05) is 32.9 Å². The number of benzene rings is 2. The molecule has 34 heavy (non-hydrogen) atoms. The summed E-state index contributed by atoms with van der Waals surface area (Å²) in [5.74, 6) is 0.462. The molecule has 9 nitrogen and oxygen atoms in total. The molecule has 0 aromatic heterocycles. The Morgan fingerprint density at radius 3 is 2.47 bits per heavy atom. The van der Waals surface area contributed by atoms with Crippen molar-refractivity contribution in [1.82, 2.24) is 9.62 Å². The van der Waals surface area contributed by atoms with Crippen molar-refractivity contribution in [1.29, 1.82) is 0 Å². The first-order chi connectivity index (χ1) is 16.4. The molecule has 2 aliphatic heterocycles. The molecule has 4 rings (SSSR count). The van der Waals surface area contributed by atoms with Crippen LogP contribution in [0.4, 0.5) is 0 Å². The third-order valence-corrected chi connectivity index (χ3v) is 7.84. The molecule has 0 radical (unpaired) electrons. The number of carbonyl (C=O) groups is 2. The van der Waals surface area contributed by atoms with Crippen LogP contribution in [0.5, 0.6) is 11.5 Å². The second-order valence-electron chi connectivity index (χ2n) is 8.08. The number of para-hydroxylation sites is 1. The van der Waals surface area contributed by atoms with Crippen LogP contribution in [0.3, 0.4) is 0 Å². The first-order valence-corrected chi connectivity index (χ1v) is 12.8. The molecule has 2 aromatic rings. The zero-order valence-electron chi connectivity index (χ0n) is 19.0. The predicted molar refractivity (Wildman–Crippen MR) is 123 cm³/mol. The zero-order valence-corrected chi connectivity index (χ0v) is 19.8. The highest BCUT2D eigenvalue weighted by atomic mass is 32.2. The van der Waals surface area contributed by atoms with Gasteiger partial charge in [-0.1, -0.05) is 12.1 Å². The second kappa shape index (κ2) is 10.4. The van der Waals surface area contributed by atoms with Crippen molar-refractivity contribution in [3.05, 3.63) is 53.6 Å². The van der Waals surface area contributed by atoms with Crippen molar-refractivity contribution >= 4 is 21.9 Å². The average molecular weight is 489 g/mol. The van der Waals surface area contributed by atoms with Crippen LogP contribution in [-0.2, 0) is 26.1 Å². The summed E-state index contributed by atoms with van der Waals surface area (Å²) in [4.78, 5) is 24.6. The smallest absolute Gasteiger partial charge is 0.338 e. The van der Waals surface area contributed by atoms with Crippen LogP contribution in [0.25, 0.3) is 0 Å². The van der Waals surface area contributed by atoms with Crippen LogP contribution in [0.1, 0.15) is 35.7 Å². The van der Waals surface area contributed by atoms with Gasteiger partial charge in [-0.25, -0.2) is 13.2 Å². The molecule has 0 aliphatic carbocycles. The van der Waals surface area contributed by atoms with Gasteiger partial charge in [0.2, 0.25) is 15.9 Å². The van der Waals surface area contributed by atoms with Crippen molar-refractivity contribution < 1.29 is 32.2 Å². The molecular weight excluding hydrogens is 460 g/mol. The Labute approximate surface area is 199 Å². The normalized spacial score (nSPS) is 16.6. The first kappa shape index (κ1) is 24.0. The Bertz CT molecular complexity index is 1140. The summed E-state index contributed by atoms with van der Waals surface area (Å²) in [5.41, 5.74) is 1.14. The molecule has 1 N–H and O–H groups in total. The van der Waals surface area contributed by atoms with E-state index >= 15 is 0 Å². The molecule has 0 bridgehead atoms. The van der Waals surface area contributed by atoms with Crippen LogP contribution < -0.4 is 14.8 Å². The highest BCUT2D eigenvalue weighted by molar-refractivity contribution is 7.89. The zero-order chi connectivity index (χ0) is 24.1. The van der Waals surface area contributed by atoms with Crippen molar-refractivity contribution in [3.63, 3.8) is 0 Å². The number of amides is 1. The SMILES string of the molecule is CCOC(=O)c1ccc(S(=O)(=O)N2CCC(C(=O)NCc3cccc4c3OCCO4)CC2)cc1. The molecule has 2 heterocycles. The van der Waals surface area contributed by atoms with Crippen LogP contribution in [-0.4, -0.2) is 57.5 Å². The molecule has 182 valence electrons. The molecule has 2 aliphatic rings. The maximum absolute atomic E-state index is 13.0. The van der Waals surface area contributed by atoms with E-state index in [1.54, 1.807) is 6.92 Å². The average Bonchev–Trinajstić information content (AvgIpc) is 2.87. The third-order valence-electron chi connectivity index (χ3n) is 5.93. The number of rotatable bonds is 7. The number of hydrogen-bond acceptors (Lipinski definition) is 7. The number of ether oxygens (including phenoxy) is 3. The first-order valence-electron chi connectivity index (χ1n) is 11.3. The van der Waals surface area contributed by atoms with Gasteiger partial charge in [0.25, 0.3) is 0 Å². The quantitative estimate of drug-likeness (QED) is 0.596.